The van der Waals surface area contributed by atoms with Crippen molar-refractivity contribution in [1.82, 2.24) is 4.98 Å². The smallest absolute Gasteiger partial charge is 0.205 e. The van der Waals surface area contributed by atoms with Crippen molar-refractivity contribution < 1.29 is 4.79 Å². The van der Waals surface area contributed by atoms with Gasteiger partial charge in [0.25, 0.3) is 0 Å². The van der Waals surface area contributed by atoms with Gasteiger partial charge in [-0.3, -0.25) is 4.79 Å². The minimum Gasteiger partial charge on any atom is -0.397 e. The fourth-order valence-corrected chi connectivity index (χ4v) is 4.73. The summed E-state index contributed by atoms with van der Waals surface area (Å²) in [6.45, 7) is 2.10. The maximum atomic E-state index is 12.8. The molecule has 0 atom stereocenters. The van der Waals surface area contributed by atoms with Crippen molar-refractivity contribution >= 4 is 44.6 Å². The number of thiophene rings is 1. The van der Waals surface area contributed by atoms with Crippen LogP contribution in [-0.4, -0.2) is 10.8 Å². The first-order valence-electron chi connectivity index (χ1n) is 8.07. The molecule has 1 aromatic carbocycles. The molecule has 0 bridgehead atoms. The highest BCUT2D eigenvalue weighted by Crippen LogP contribution is 2.39. The average molecular weight is 357 g/mol. The van der Waals surface area contributed by atoms with Crippen LogP contribution in [0.25, 0.3) is 10.2 Å². The number of carbonyl (C=O) groups excluding carboxylic acids is 1. The Morgan fingerprint density at radius 3 is 2.67 bits per heavy atom. The number of carbonyl (C=O) groups is 1. The summed E-state index contributed by atoms with van der Waals surface area (Å²) >= 11 is 7.31. The first kappa shape index (κ1) is 15.6. The molecule has 0 saturated carbocycles. The molecule has 2 N–H and O–H groups in total. The number of hydrogen-bond acceptors (Lipinski definition) is 4. The van der Waals surface area contributed by atoms with Crippen LogP contribution in [0.15, 0.2) is 24.3 Å². The van der Waals surface area contributed by atoms with E-state index < -0.39 is 0 Å². The molecular formula is C19H17ClN2OS. The molecule has 0 radical (unpaired) electrons. The second kappa shape index (κ2) is 5.87. The molecule has 24 heavy (non-hydrogen) atoms. The van der Waals surface area contributed by atoms with Crippen LogP contribution < -0.4 is 5.73 Å². The number of pyridine rings is 1. The molecule has 1 aliphatic carbocycles. The van der Waals surface area contributed by atoms with E-state index in [9.17, 15) is 4.79 Å². The third-order valence-corrected chi connectivity index (χ3v) is 6.09. The number of aromatic nitrogens is 1. The highest BCUT2D eigenvalue weighted by atomic mass is 35.5. The summed E-state index contributed by atoms with van der Waals surface area (Å²) in [6.07, 6.45) is 4.45. The number of benzene rings is 1. The van der Waals surface area contributed by atoms with Crippen LogP contribution in [0.3, 0.4) is 0 Å². The lowest BCUT2D eigenvalue weighted by Gasteiger charge is -2.17. The van der Waals surface area contributed by atoms with Crippen molar-refractivity contribution in [3.8, 4) is 0 Å². The first-order chi connectivity index (χ1) is 11.6. The number of aryl methyl sites for hydroxylation is 2. The van der Waals surface area contributed by atoms with Crippen LogP contribution in [0.1, 0.15) is 44.9 Å². The van der Waals surface area contributed by atoms with Gasteiger partial charge in [0.2, 0.25) is 5.78 Å². The van der Waals surface area contributed by atoms with Crippen molar-refractivity contribution in [3.63, 3.8) is 0 Å². The summed E-state index contributed by atoms with van der Waals surface area (Å²) in [7, 11) is 0. The number of nitrogens with zero attached hydrogens (tertiary/aromatic N) is 1. The summed E-state index contributed by atoms with van der Waals surface area (Å²) in [5, 5.41) is 1.57. The average Bonchev–Trinajstić information content (AvgIpc) is 2.92. The second-order valence-electron chi connectivity index (χ2n) is 6.23. The predicted octanol–water partition coefficient (Wildman–Crippen LogP) is 4.95. The van der Waals surface area contributed by atoms with E-state index in [1.165, 1.54) is 41.0 Å². The van der Waals surface area contributed by atoms with Gasteiger partial charge in [-0.1, -0.05) is 11.6 Å². The Morgan fingerprint density at radius 2 is 1.92 bits per heavy atom. The number of rotatable bonds is 2. The molecule has 3 aromatic rings. The summed E-state index contributed by atoms with van der Waals surface area (Å²) in [4.78, 5) is 19.1. The van der Waals surface area contributed by atoms with Gasteiger partial charge in [0.1, 0.15) is 9.71 Å². The molecule has 122 valence electrons. The van der Waals surface area contributed by atoms with Crippen molar-refractivity contribution in [3.05, 3.63) is 56.5 Å². The van der Waals surface area contributed by atoms with E-state index in [4.69, 9.17) is 22.3 Å². The van der Waals surface area contributed by atoms with Crippen molar-refractivity contribution in [2.45, 2.75) is 32.6 Å². The van der Waals surface area contributed by atoms with Gasteiger partial charge in [-0.05, 0) is 68.0 Å². The Balaban J connectivity index is 1.88. The van der Waals surface area contributed by atoms with Gasteiger partial charge in [-0.25, -0.2) is 4.98 Å². The number of anilines is 1. The van der Waals surface area contributed by atoms with E-state index in [2.05, 4.69) is 6.92 Å². The van der Waals surface area contributed by atoms with Crippen molar-refractivity contribution in [2.75, 3.05) is 5.73 Å². The summed E-state index contributed by atoms with van der Waals surface area (Å²) in [5.74, 6) is -0.0652. The van der Waals surface area contributed by atoms with E-state index in [1.807, 2.05) is 0 Å². The molecule has 4 rings (SSSR count). The van der Waals surface area contributed by atoms with Crippen LogP contribution >= 0.6 is 22.9 Å². The Bertz CT molecular complexity index is 960. The maximum Gasteiger partial charge on any atom is 0.205 e. The second-order valence-corrected chi connectivity index (χ2v) is 7.67. The number of hydrogen-bond donors (Lipinski definition) is 1. The number of halogens is 1. The lowest BCUT2D eigenvalue weighted by atomic mass is 9.91. The molecule has 0 unspecified atom stereocenters. The monoisotopic (exact) mass is 356 g/mol. The molecule has 3 nitrogen and oxygen atoms in total. The minimum atomic E-state index is -0.0652. The molecule has 0 amide bonds. The highest BCUT2D eigenvalue weighted by molar-refractivity contribution is 7.21. The van der Waals surface area contributed by atoms with E-state index in [1.54, 1.807) is 24.3 Å². The van der Waals surface area contributed by atoms with Crippen LogP contribution in [0.5, 0.6) is 0 Å². The number of fused-ring (bicyclic) bond motifs is 2. The SMILES string of the molecule is Cc1c2c(nc3sc(C(=O)c4ccc(Cl)cc4)c(N)c13)CCCC2. The molecule has 1 aliphatic rings. The summed E-state index contributed by atoms with van der Waals surface area (Å²) in [5.41, 5.74) is 11.2. The summed E-state index contributed by atoms with van der Waals surface area (Å²) < 4.78 is 0. The van der Waals surface area contributed by atoms with Crippen LogP contribution in [0.2, 0.25) is 5.02 Å². The Morgan fingerprint density at radius 1 is 1.21 bits per heavy atom. The van der Waals surface area contributed by atoms with E-state index in [-0.39, 0.29) is 5.78 Å². The van der Waals surface area contributed by atoms with Crippen molar-refractivity contribution in [1.29, 1.82) is 0 Å². The van der Waals surface area contributed by atoms with Gasteiger partial charge in [0.15, 0.2) is 0 Å². The molecule has 0 aliphatic heterocycles. The normalized spacial score (nSPS) is 13.9. The van der Waals surface area contributed by atoms with Gasteiger partial charge in [-0.2, -0.15) is 0 Å². The Hall–Kier alpha value is -1.91. The third-order valence-electron chi connectivity index (χ3n) is 4.74. The number of nitrogen functional groups attached to an aromatic ring is 1. The minimum absolute atomic E-state index is 0.0652. The molecule has 0 saturated heterocycles. The molecule has 2 heterocycles. The number of nitrogens with two attached hydrogens (primary N) is 1. The highest BCUT2D eigenvalue weighted by Gasteiger charge is 2.23. The van der Waals surface area contributed by atoms with Crippen LogP contribution in [0, 0.1) is 6.92 Å². The zero-order valence-electron chi connectivity index (χ0n) is 13.4. The standard InChI is InChI=1S/C19H17ClN2OS/c1-10-13-4-2-3-5-14(13)22-19-15(10)16(21)18(24-19)17(23)11-6-8-12(20)9-7-11/h6-9H,2-5,21H2,1H3. The van der Waals surface area contributed by atoms with Gasteiger partial charge >= 0.3 is 0 Å². The lowest BCUT2D eigenvalue weighted by Crippen LogP contribution is -2.08. The van der Waals surface area contributed by atoms with Gasteiger partial charge in [0, 0.05) is 21.7 Å². The third kappa shape index (κ3) is 2.41. The molecule has 5 heteroatoms. The van der Waals surface area contributed by atoms with Gasteiger partial charge in [0.05, 0.1) is 5.69 Å². The zero-order chi connectivity index (χ0) is 16.8. The first-order valence-corrected chi connectivity index (χ1v) is 9.26. The topological polar surface area (TPSA) is 56.0 Å². The van der Waals surface area contributed by atoms with Crippen LogP contribution in [0.4, 0.5) is 5.69 Å². The molecular weight excluding hydrogens is 340 g/mol. The predicted molar refractivity (Wildman–Crippen MR) is 100 cm³/mol. The fraction of sp³-hybridized carbons (Fsp3) is 0.263. The van der Waals surface area contributed by atoms with Gasteiger partial charge < -0.3 is 5.73 Å². The quantitative estimate of drug-likeness (QED) is 0.661. The largest absolute Gasteiger partial charge is 0.397 e. The number of ketones is 1. The Labute approximate surface area is 149 Å². The molecule has 2 aromatic heterocycles. The van der Waals surface area contributed by atoms with Gasteiger partial charge in [-0.15, -0.1) is 11.3 Å². The zero-order valence-corrected chi connectivity index (χ0v) is 14.9. The lowest BCUT2D eigenvalue weighted by molar-refractivity contribution is 0.104. The van der Waals surface area contributed by atoms with Crippen molar-refractivity contribution in [2.24, 2.45) is 0 Å². The summed E-state index contributed by atoms with van der Waals surface area (Å²) in [6, 6.07) is 6.92. The van der Waals surface area contributed by atoms with E-state index >= 15 is 0 Å². The van der Waals surface area contributed by atoms with E-state index in [0.717, 1.165) is 23.1 Å². The maximum absolute atomic E-state index is 12.8. The van der Waals surface area contributed by atoms with Crippen LogP contribution in [-0.2, 0) is 12.8 Å². The Kier molecular flexibility index (Phi) is 3.82. The molecule has 0 fully saturated rings. The molecule has 0 spiro atoms. The fourth-order valence-electron chi connectivity index (χ4n) is 3.46. The van der Waals surface area contributed by atoms with E-state index in [0.29, 0.717) is 21.2 Å².